The van der Waals surface area contributed by atoms with Gasteiger partial charge >= 0.3 is 0 Å². The molecule has 0 spiro atoms. The highest BCUT2D eigenvalue weighted by atomic mass is 127. The molecule has 5 nitrogen and oxygen atoms in total. The van der Waals surface area contributed by atoms with Gasteiger partial charge in [-0.3, -0.25) is 0 Å². The highest BCUT2D eigenvalue weighted by molar-refractivity contribution is 14.0. The van der Waals surface area contributed by atoms with Crippen LogP contribution in [0.3, 0.4) is 0 Å². The predicted octanol–water partition coefficient (Wildman–Crippen LogP) is 3.94. The van der Waals surface area contributed by atoms with Crippen molar-refractivity contribution in [3.63, 3.8) is 0 Å². The summed E-state index contributed by atoms with van der Waals surface area (Å²) in [5.41, 5.74) is 1.05. The molecule has 4 N–H and O–H groups in total. The zero-order valence-corrected chi connectivity index (χ0v) is 19.2. The fourth-order valence-electron chi connectivity index (χ4n) is 2.82. The van der Waals surface area contributed by atoms with Gasteiger partial charge in [0.15, 0.2) is 5.96 Å². The van der Waals surface area contributed by atoms with Crippen LogP contribution in [0.4, 0.5) is 4.39 Å². The number of aliphatic hydroxyl groups excluding tert-OH is 2. The van der Waals surface area contributed by atoms with Crippen molar-refractivity contribution in [3.05, 3.63) is 70.4 Å². The number of nitrogens with zero attached hydrogens (tertiary/aromatic N) is 1. The van der Waals surface area contributed by atoms with Crippen LogP contribution >= 0.6 is 35.3 Å². The number of aliphatic hydroxyl groups is 2. The quantitative estimate of drug-likeness (QED) is 0.213. The number of rotatable bonds is 7. The summed E-state index contributed by atoms with van der Waals surface area (Å²) in [5, 5.41) is 27.1. The smallest absolute Gasteiger partial charge is 0.191 e. The first-order valence-electron chi connectivity index (χ1n) is 9.17. The lowest BCUT2D eigenvalue weighted by Crippen LogP contribution is -2.39. The van der Waals surface area contributed by atoms with Gasteiger partial charge in [-0.25, -0.2) is 9.38 Å². The number of hydrogen-bond donors (Lipinski definition) is 4. The third-order valence-electron chi connectivity index (χ3n) is 4.28. The Morgan fingerprint density at radius 3 is 2.69 bits per heavy atom. The number of halogens is 2. The zero-order chi connectivity index (χ0) is 19.9. The van der Waals surface area contributed by atoms with E-state index in [9.17, 15) is 14.6 Å². The first kappa shape index (κ1) is 23.5. The van der Waals surface area contributed by atoms with E-state index in [0.29, 0.717) is 25.6 Å². The molecule has 0 saturated heterocycles. The van der Waals surface area contributed by atoms with Gasteiger partial charge in [0.1, 0.15) is 11.9 Å². The molecule has 0 aliphatic carbocycles. The van der Waals surface area contributed by atoms with Crippen molar-refractivity contribution in [1.29, 1.82) is 0 Å². The molecular weight excluding hydrogens is 504 g/mol. The van der Waals surface area contributed by atoms with E-state index in [1.54, 1.807) is 23.5 Å². The standard InChI is InChI=1S/C21H24FN3O2S.HI/c1-2-23-21(24-11-14-7-8-17(22)16(9-14)13-26)25-12-18(27)20-10-15-5-3-4-6-19(15)28-20;/h3-10,18,26-27H,2,11-13H2,1H3,(H2,23,24,25);1H. The molecule has 1 aromatic heterocycles. The molecule has 8 heteroatoms. The van der Waals surface area contributed by atoms with Gasteiger partial charge < -0.3 is 20.8 Å². The SMILES string of the molecule is CCNC(=NCc1ccc(F)c(CO)c1)NCC(O)c1cc2ccccc2s1.I. The maximum atomic E-state index is 13.5. The first-order chi connectivity index (χ1) is 13.6. The van der Waals surface area contributed by atoms with Gasteiger partial charge in [0, 0.05) is 28.2 Å². The number of thiophene rings is 1. The second-order valence-corrected chi connectivity index (χ2v) is 7.48. The number of hydrogen-bond acceptors (Lipinski definition) is 4. The number of nitrogens with one attached hydrogen (secondary N) is 2. The van der Waals surface area contributed by atoms with Crippen LogP contribution in [-0.4, -0.2) is 29.3 Å². The van der Waals surface area contributed by atoms with Crippen LogP contribution in [0.25, 0.3) is 10.1 Å². The number of aliphatic imine (C=N–C) groups is 1. The largest absolute Gasteiger partial charge is 0.392 e. The fourth-order valence-corrected chi connectivity index (χ4v) is 3.87. The molecule has 1 heterocycles. The van der Waals surface area contributed by atoms with E-state index in [2.05, 4.69) is 15.6 Å². The van der Waals surface area contributed by atoms with Gasteiger partial charge in [-0.15, -0.1) is 35.3 Å². The summed E-state index contributed by atoms with van der Waals surface area (Å²) >= 11 is 1.58. The molecule has 0 fully saturated rings. The Hall–Kier alpha value is -1.75. The highest BCUT2D eigenvalue weighted by Gasteiger charge is 2.12. The van der Waals surface area contributed by atoms with Crippen molar-refractivity contribution in [1.82, 2.24) is 10.6 Å². The van der Waals surface area contributed by atoms with Crippen LogP contribution < -0.4 is 10.6 Å². The van der Waals surface area contributed by atoms with Crippen molar-refractivity contribution in [2.24, 2.45) is 4.99 Å². The Kier molecular flexibility index (Phi) is 9.28. The number of benzene rings is 2. The minimum atomic E-state index is -0.645. The van der Waals surface area contributed by atoms with Crippen LogP contribution in [0.5, 0.6) is 0 Å². The monoisotopic (exact) mass is 529 g/mol. The zero-order valence-electron chi connectivity index (χ0n) is 16.1. The molecule has 1 atom stereocenters. The first-order valence-corrected chi connectivity index (χ1v) is 9.99. The highest BCUT2D eigenvalue weighted by Crippen LogP contribution is 2.29. The van der Waals surface area contributed by atoms with Gasteiger partial charge in [-0.1, -0.05) is 24.3 Å². The molecule has 0 aliphatic rings. The van der Waals surface area contributed by atoms with E-state index in [1.165, 1.54) is 6.07 Å². The summed E-state index contributed by atoms with van der Waals surface area (Å²) in [5.74, 6) is 0.143. The summed E-state index contributed by atoms with van der Waals surface area (Å²) in [6, 6.07) is 14.6. The summed E-state index contributed by atoms with van der Waals surface area (Å²) in [4.78, 5) is 5.38. The van der Waals surface area contributed by atoms with Crippen LogP contribution in [-0.2, 0) is 13.2 Å². The van der Waals surface area contributed by atoms with E-state index in [-0.39, 0.29) is 36.1 Å². The van der Waals surface area contributed by atoms with Gasteiger partial charge in [0.2, 0.25) is 0 Å². The molecule has 3 rings (SSSR count). The summed E-state index contributed by atoms with van der Waals surface area (Å²) in [6.45, 7) is 2.95. The Balaban J connectivity index is 0.00000300. The molecule has 0 radical (unpaired) electrons. The third kappa shape index (κ3) is 6.36. The lowest BCUT2D eigenvalue weighted by atomic mass is 10.1. The molecule has 29 heavy (non-hydrogen) atoms. The van der Waals surface area contributed by atoms with E-state index in [1.807, 2.05) is 37.3 Å². The lowest BCUT2D eigenvalue weighted by molar-refractivity contribution is 0.184. The second-order valence-electron chi connectivity index (χ2n) is 6.36. The van der Waals surface area contributed by atoms with E-state index < -0.39 is 11.9 Å². The van der Waals surface area contributed by atoms with Crippen molar-refractivity contribution < 1.29 is 14.6 Å². The maximum absolute atomic E-state index is 13.5. The van der Waals surface area contributed by atoms with Crippen molar-refractivity contribution in [3.8, 4) is 0 Å². The Morgan fingerprint density at radius 2 is 1.97 bits per heavy atom. The van der Waals surface area contributed by atoms with Gasteiger partial charge in [-0.05, 0) is 42.1 Å². The number of guanidine groups is 1. The molecule has 2 aromatic carbocycles. The Labute approximate surface area is 190 Å². The minimum Gasteiger partial charge on any atom is -0.392 e. The van der Waals surface area contributed by atoms with Crippen LogP contribution in [0.1, 0.15) is 29.0 Å². The summed E-state index contributed by atoms with van der Waals surface area (Å²) < 4.78 is 14.6. The molecule has 0 amide bonds. The van der Waals surface area contributed by atoms with Crippen molar-refractivity contribution in [2.75, 3.05) is 13.1 Å². The molecular formula is C21H25FIN3O2S. The average molecular weight is 529 g/mol. The molecule has 0 bridgehead atoms. The summed E-state index contributed by atoms with van der Waals surface area (Å²) in [6.07, 6.45) is -0.645. The molecule has 0 saturated carbocycles. The summed E-state index contributed by atoms with van der Waals surface area (Å²) in [7, 11) is 0. The van der Waals surface area contributed by atoms with E-state index in [4.69, 9.17) is 0 Å². The fraction of sp³-hybridized carbons (Fsp3) is 0.286. The molecule has 3 aromatic rings. The van der Waals surface area contributed by atoms with Crippen LogP contribution in [0.15, 0.2) is 53.5 Å². The van der Waals surface area contributed by atoms with Gasteiger partial charge in [0.05, 0.1) is 13.2 Å². The van der Waals surface area contributed by atoms with E-state index >= 15 is 0 Å². The maximum Gasteiger partial charge on any atom is 0.191 e. The lowest BCUT2D eigenvalue weighted by Gasteiger charge is -2.14. The van der Waals surface area contributed by atoms with Crippen molar-refractivity contribution >= 4 is 51.4 Å². The minimum absolute atomic E-state index is 0. The van der Waals surface area contributed by atoms with Crippen LogP contribution in [0.2, 0.25) is 0 Å². The second kappa shape index (κ2) is 11.4. The third-order valence-corrected chi connectivity index (χ3v) is 5.50. The topological polar surface area (TPSA) is 76.9 Å². The predicted molar refractivity (Wildman–Crippen MR) is 127 cm³/mol. The Morgan fingerprint density at radius 1 is 1.17 bits per heavy atom. The molecule has 156 valence electrons. The van der Waals surface area contributed by atoms with Gasteiger partial charge in [0.25, 0.3) is 0 Å². The molecule has 0 aliphatic heterocycles. The van der Waals surface area contributed by atoms with E-state index in [0.717, 1.165) is 20.5 Å². The average Bonchev–Trinajstić information content (AvgIpc) is 3.15. The molecule has 1 unspecified atom stereocenters. The normalized spacial score (nSPS) is 12.5. The number of fused-ring (bicyclic) bond motifs is 1. The Bertz CT molecular complexity index is 931. The van der Waals surface area contributed by atoms with Gasteiger partial charge in [-0.2, -0.15) is 0 Å². The van der Waals surface area contributed by atoms with Crippen LogP contribution in [0, 0.1) is 5.82 Å². The van der Waals surface area contributed by atoms with Crippen molar-refractivity contribution in [2.45, 2.75) is 26.2 Å².